The Morgan fingerprint density at radius 1 is 1.27 bits per heavy atom. The Bertz CT molecular complexity index is 735. The second-order valence-electron chi connectivity index (χ2n) is 7.78. The van der Waals surface area contributed by atoms with Crippen LogP contribution in [-0.4, -0.2) is 44.2 Å². The van der Waals surface area contributed by atoms with E-state index in [1.807, 2.05) is 6.92 Å². The van der Waals surface area contributed by atoms with Crippen LogP contribution >= 0.6 is 24.0 Å². The summed E-state index contributed by atoms with van der Waals surface area (Å²) in [5.41, 5.74) is 2.22. The van der Waals surface area contributed by atoms with Crippen LogP contribution in [0.2, 0.25) is 0 Å². The van der Waals surface area contributed by atoms with Gasteiger partial charge in [-0.1, -0.05) is 12.8 Å². The summed E-state index contributed by atoms with van der Waals surface area (Å²) < 4.78 is 11.7. The van der Waals surface area contributed by atoms with Crippen LogP contribution in [0, 0.1) is 0 Å². The molecule has 1 unspecified atom stereocenters. The van der Waals surface area contributed by atoms with E-state index in [4.69, 9.17) is 9.47 Å². The minimum Gasteiger partial charge on any atom is -0.494 e. The molecule has 0 aromatic heterocycles. The first kappa shape index (κ1) is 24.6. The average Bonchev–Trinajstić information content (AvgIpc) is 3.32. The molecule has 0 bridgehead atoms. The van der Waals surface area contributed by atoms with Crippen LogP contribution in [-0.2, 0) is 17.8 Å². The van der Waals surface area contributed by atoms with Crippen LogP contribution in [0.4, 0.5) is 0 Å². The van der Waals surface area contributed by atoms with Gasteiger partial charge in [-0.2, -0.15) is 0 Å². The van der Waals surface area contributed by atoms with Gasteiger partial charge in [0.15, 0.2) is 5.96 Å². The molecule has 1 aliphatic heterocycles. The number of guanidine groups is 1. The Hall–Kier alpha value is -1.71. The minimum atomic E-state index is 0. The lowest BCUT2D eigenvalue weighted by Gasteiger charge is -2.16. The van der Waals surface area contributed by atoms with E-state index in [2.05, 4.69) is 40.0 Å². The molecule has 30 heavy (non-hydrogen) atoms. The molecule has 0 radical (unpaired) electrons. The summed E-state index contributed by atoms with van der Waals surface area (Å²) in [6, 6.07) is 4.50. The molecule has 1 aromatic rings. The standard InChI is InChI=1S/C22H34N4O3.HI/c1-4-28-19-12-16-11-15(2)29-20(16)13-17(19)14-25-22(23-3)24-10-9-21(27)26-18-7-5-6-8-18;/h12-13,15,18H,4-11,14H2,1-3H3,(H,26,27)(H2,23,24,25);1H. The normalized spacial score (nSPS) is 18.2. The first-order valence-corrected chi connectivity index (χ1v) is 10.8. The smallest absolute Gasteiger partial charge is 0.221 e. The highest BCUT2D eigenvalue weighted by molar-refractivity contribution is 14.0. The number of fused-ring (bicyclic) bond motifs is 1. The molecule has 1 saturated carbocycles. The number of hydrogen-bond acceptors (Lipinski definition) is 4. The number of carbonyl (C=O) groups is 1. The van der Waals surface area contributed by atoms with Crippen molar-refractivity contribution in [2.24, 2.45) is 4.99 Å². The summed E-state index contributed by atoms with van der Waals surface area (Å²) in [4.78, 5) is 16.3. The molecular weight excluding hydrogens is 495 g/mol. The first-order chi connectivity index (χ1) is 14.1. The van der Waals surface area contributed by atoms with Gasteiger partial charge in [0.05, 0.1) is 6.61 Å². The molecule has 168 valence electrons. The predicted molar refractivity (Wildman–Crippen MR) is 130 cm³/mol. The fourth-order valence-corrected chi connectivity index (χ4v) is 3.97. The van der Waals surface area contributed by atoms with Gasteiger partial charge < -0.3 is 25.4 Å². The molecule has 3 rings (SSSR count). The molecule has 1 atom stereocenters. The maximum atomic E-state index is 12.1. The number of nitrogens with zero attached hydrogens (tertiary/aromatic N) is 1. The maximum absolute atomic E-state index is 12.1. The molecule has 1 fully saturated rings. The molecule has 1 aliphatic carbocycles. The van der Waals surface area contributed by atoms with Gasteiger partial charge in [0.1, 0.15) is 17.6 Å². The van der Waals surface area contributed by atoms with E-state index in [9.17, 15) is 4.79 Å². The zero-order valence-electron chi connectivity index (χ0n) is 18.3. The van der Waals surface area contributed by atoms with E-state index >= 15 is 0 Å². The number of carbonyl (C=O) groups excluding carboxylic acids is 1. The molecule has 0 saturated heterocycles. The van der Waals surface area contributed by atoms with E-state index in [0.29, 0.717) is 38.1 Å². The zero-order valence-corrected chi connectivity index (χ0v) is 20.6. The van der Waals surface area contributed by atoms with Gasteiger partial charge in [-0.3, -0.25) is 9.79 Å². The molecular formula is C22H35IN4O3. The Morgan fingerprint density at radius 3 is 2.73 bits per heavy atom. The van der Waals surface area contributed by atoms with Crippen molar-refractivity contribution < 1.29 is 14.3 Å². The Morgan fingerprint density at radius 2 is 2.03 bits per heavy atom. The van der Waals surface area contributed by atoms with Crippen LogP contribution in [0.1, 0.15) is 57.1 Å². The molecule has 8 heteroatoms. The second-order valence-corrected chi connectivity index (χ2v) is 7.78. The third-order valence-corrected chi connectivity index (χ3v) is 5.41. The maximum Gasteiger partial charge on any atom is 0.221 e. The van der Waals surface area contributed by atoms with Crippen molar-refractivity contribution in [2.45, 2.75) is 71.1 Å². The topological polar surface area (TPSA) is 84.0 Å². The van der Waals surface area contributed by atoms with Crippen molar-refractivity contribution in [3.63, 3.8) is 0 Å². The summed E-state index contributed by atoms with van der Waals surface area (Å²) in [5, 5.41) is 9.63. The number of nitrogens with one attached hydrogen (secondary N) is 3. The molecule has 3 N–H and O–H groups in total. The van der Waals surface area contributed by atoms with E-state index in [1.54, 1.807) is 7.05 Å². The summed E-state index contributed by atoms with van der Waals surface area (Å²) in [6.45, 7) is 5.79. The van der Waals surface area contributed by atoms with Crippen LogP contribution in [0.5, 0.6) is 11.5 Å². The van der Waals surface area contributed by atoms with Gasteiger partial charge in [-0.05, 0) is 38.8 Å². The van der Waals surface area contributed by atoms with Crippen molar-refractivity contribution in [1.29, 1.82) is 0 Å². The van der Waals surface area contributed by atoms with Crippen molar-refractivity contribution in [3.05, 3.63) is 23.3 Å². The summed E-state index contributed by atoms with van der Waals surface area (Å²) in [7, 11) is 1.73. The van der Waals surface area contributed by atoms with E-state index in [-0.39, 0.29) is 36.0 Å². The fourth-order valence-electron chi connectivity index (χ4n) is 3.97. The minimum absolute atomic E-state index is 0. The van der Waals surface area contributed by atoms with Crippen LogP contribution in [0.15, 0.2) is 17.1 Å². The van der Waals surface area contributed by atoms with Gasteiger partial charge in [-0.25, -0.2) is 0 Å². The molecule has 0 spiro atoms. The zero-order chi connectivity index (χ0) is 20.6. The quantitative estimate of drug-likeness (QED) is 0.273. The average molecular weight is 530 g/mol. The van der Waals surface area contributed by atoms with Gasteiger partial charge in [-0.15, -0.1) is 24.0 Å². The summed E-state index contributed by atoms with van der Waals surface area (Å²) >= 11 is 0. The highest BCUT2D eigenvalue weighted by Crippen LogP contribution is 2.35. The van der Waals surface area contributed by atoms with Gasteiger partial charge in [0, 0.05) is 50.1 Å². The van der Waals surface area contributed by atoms with Crippen molar-refractivity contribution in [1.82, 2.24) is 16.0 Å². The van der Waals surface area contributed by atoms with Gasteiger partial charge in [0.25, 0.3) is 0 Å². The first-order valence-electron chi connectivity index (χ1n) is 10.8. The van der Waals surface area contributed by atoms with Gasteiger partial charge in [0.2, 0.25) is 5.91 Å². The summed E-state index contributed by atoms with van der Waals surface area (Å²) in [6.07, 6.45) is 6.20. The lowest BCUT2D eigenvalue weighted by molar-refractivity contribution is -0.121. The highest BCUT2D eigenvalue weighted by atomic mass is 127. The molecule has 1 amide bonds. The summed E-state index contributed by atoms with van der Waals surface area (Å²) in [5.74, 6) is 2.58. The van der Waals surface area contributed by atoms with Crippen molar-refractivity contribution in [3.8, 4) is 11.5 Å². The number of hydrogen-bond donors (Lipinski definition) is 3. The van der Waals surface area contributed by atoms with Crippen LogP contribution in [0.3, 0.4) is 0 Å². The lowest BCUT2D eigenvalue weighted by Crippen LogP contribution is -2.40. The fraction of sp³-hybridized carbons (Fsp3) is 0.636. The lowest BCUT2D eigenvalue weighted by atomic mass is 10.1. The number of amides is 1. The number of rotatable bonds is 8. The Balaban J connectivity index is 0.00000320. The van der Waals surface area contributed by atoms with Crippen molar-refractivity contribution in [2.75, 3.05) is 20.2 Å². The monoisotopic (exact) mass is 530 g/mol. The van der Waals surface area contributed by atoms with E-state index in [1.165, 1.54) is 18.4 Å². The molecule has 2 aliphatic rings. The van der Waals surface area contributed by atoms with E-state index < -0.39 is 0 Å². The number of benzene rings is 1. The van der Waals surface area contributed by atoms with Gasteiger partial charge >= 0.3 is 0 Å². The largest absolute Gasteiger partial charge is 0.494 e. The molecule has 1 aromatic carbocycles. The third kappa shape index (κ3) is 6.92. The number of ether oxygens (including phenoxy) is 2. The predicted octanol–water partition coefficient (Wildman–Crippen LogP) is 3.14. The van der Waals surface area contributed by atoms with Crippen molar-refractivity contribution >= 4 is 35.8 Å². The SMILES string of the molecule is CCOc1cc2c(cc1CNC(=NC)NCCC(=O)NC1CCCC1)OC(C)C2.I. The molecule has 1 heterocycles. The molecule has 7 nitrogen and oxygen atoms in total. The number of halogens is 1. The van der Waals surface area contributed by atoms with Crippen LogP contribution < -0.4 is 25.4 Å². The number of aliphatic imine (C=N–C) groups is 1. The highest BCUT2D eigenvalue weighted by Gasteiger charge is 2.22. The van der Waals surface area contributed by atoms with Crippen LogP contribution in [0.25, 0.3) is 0 Å². The van der Waals surface area contributed by atoms with E-state index in [0.717, 1.165) is 36.3 Å². The Kier molecular flexibility index (Phi) is 10.0. The third-order valence-electron chi connectivity index (χ3n) is 5.41. The second kappa shape index (κ2) is 12.2. The Labute approximate surface area is 196 Å².